The Labute approximate surface area is 203 Å². The molecule has 2 amide bonds. The molecular weight excluding hydrogens is 414 g/mol. The smallest absolute Gasteiger partial charge is 0.219 e. The number of unbranched alkanes of at least 4 members (excludes halogenated alkanes) is 4. The Morgan fingerprint density at radius 1 is 0.758 bits per heavy atom. The second-order valence-electron chi connectivity index (χ2n) is 8.81. The summed E-state index contributed by atoms with van der Waals surface area (Å²) in [6.45, 7) is 9.63. The second kappa shape index (κ2) is 23.5. The molecule has 0 aliphatic heterocycles. The zero-order chi connectivity index (χ0) is 24.6. The fourth-order valence-corrected chi connectivity index (χ4v) is 3.57. The minimum atomic E-state index is -0.391. The van der Waals surface area contributed by atoms with Gasteiger partial charge in [0.15, 0.2) is 0 Å². The van der Waals surface area contributed by atoms with Gasteiger partial charge in [0.05, 0.1) is 6.10 Å². The largest absolute Gasteiger partial charge is 0.392 e. The summed E-state index contributed by atoms with van der Waals surface area (Å²) >= 11 is 0. The monoisotopic (exact) mass is 465 g/mol. The Hall–Kier alpha value is -1.66. The number of amides is 2. The van der Waals surface area contributed by atoms with Crippen LogP contribution in [0.25, 0.3) is 0 Å². The molecule has 0 radical (unpaired) electrons. The van der Waals surface area contributed by atoms with Crippen LogP contribution < -0.4 is 10.6 Å². The highest BCUT2D eigenvalue weighted by molar-refractivity contribution is 5.76. The molecule has 0 fully saturated rings. The van der Waals surface area contributed by atoms with Crippen molar-refractivity contribution in [1.82, 2.24) is 15.5 Å². The molecule has 0 heterocycles. The van der Waals surface area contributed by atoms with Gasteiger partial charge in [-0.1, -0.05) is 38.2 Å². The fraction of sp³-hybridized carbons (Fsp3) is 0.778. The molecular formula is C27H51N3O3. The van der Waals surface area contributed by atoms with E-state index in [1.165, 1.54) is 0 Å². The summed E-state index contributed by atoms with van der Waals surface area (Å²) in [6.07, 6.45) is 19.4. The molecule has 0 saturated carbocycles. The lowest BCUT2D eigenvalue weighted by molar-refractivity contribution is -0.122. The number of aliphatic hydroxyl groups excluding tert-OH is 1. The van der Waals surface area contributed by atoms with Gasteiger partial charge in [-0.25, -0.2) is 0 Å². The summed E-state index contributed by atoms with van der Waals surface area (Å²) in [5.74, 6) is 0.251. The van der Waals surface area contributed by atoms with Gasteiger partial charge in [0, 0.05) is 32.5 Å². The Morgan fingerprint density at radius 2 is 1.21 bits per heavy atom. The van der Waals surface area contributed by atoms with Gasteiger partial charge in [-0.15, -0.1) is 0 Å². The third-order valence-electron chi connectivity index (χ3n) is 5.32. The van der Waals surface area contributed by atoms with Crippen LogP contribution in [-0.2, 0) is 9.59 Å². The molecule has 192 valence electrons. The van der Waals surface area contributed by atoms with Crippen molar-refractivity contribution in [3.05, 3.63) is 24.3 Å². The number of aliphatic hydroxyl groups is 1. The second-order valence-corrected chi connectivity index (χ2v) is 8.81. The first-order chi connectivity index (χ1) is 16.0. The predicted octanol–water partition coefficient (Wildman–Crippen LogP) is 4.74. The van der Waals surface area contributed by atoms with Crippen molar-refractivity contribution in [2.45, 2.75) is 104 Å². The van der Waals surface area contributed by atoms with E-state index < -0.39 is 6.10 Å². The lowest BCUT2D eigenvalue weighted by Crippen LogP contribution is -2.36. The van der Waals surface area contributed by atoms with E-state index >= 15 is 0 Å². The molecule has 0 aliphatic carbocycles. The van der Waals surface area contributed by atoms with Gasteiger partial charge in [0.25, 0.3) is 0 Å². The minimum absolute atomic E-state index is 0.126. The Morgan fingerprint density at radius 3 is 1.61 bits per heavy atom. The molecule has 0 saturated heterocycles. The molecule has 6 heteroatoms. The van der Waals surface area contributed by atoms with Crippen LogP contribution in [0.3, 0.4) is 0 Å². The normalized spacial score (nSPS) is 12.6. The predicted molar refractivity (Wildman–Crippen MR) is 139 cm³/mol. The SMILES string of the molecule is CC/C=C/CCCCC(=O)NCCCN(CCCNC(=O)CCCC/C=C/CC)CC(C)O. The molecule has 6 nitrogen and oxygen atoms in total. The molecule has 1 atom stereocenters. The van der Waals surface area contributed by atoms with E-state index in [0.29, 0.717) is 32.5 Å². The first-order valence-corrected chi connectivity index (χ1v) is 13.2. The fourth-order valence-electron chi connectivity index (χ4n) is 3.57. The minimum Gasteiger partial charge on any atom is -0.392 e. The zero-order valence-electron chi connectivity index (χ0n) is 21.6. The van der Waals surface area contributed by atoms with Gasteiger partial charge >= 0.3 is 0 Å². The van der Waals surface area contributed by atoms with Gasteiger partial charge in [0.2, 0.25) is 11.8 Å². The van der Waals surface area contributed by atoms with Gasteiger partial charge in [0.1, 0.15) is 0 Å². The third-order valence-corrected chi connectivity index (χ3v) is 5.32. The maximum Gasteiger partial charge on any atom is 0.219 e. The topological polar surface area (TPSA) is 81.7 Å². The zero-order valence-corrected chi connectivity index (χ0v) is 21.6. The lowest BCUT2D eigenvalue weighted by atomic mass is 10.1. The molecule has 1 unspecified atom stereocenters. The molecule has 0 aromatic carbocycles. The maximum absolute atomic E-state index is 11.9. The summed E-state index contributed by atoms with van der Waals surface area (Å²) in [4.78, 5) is 26.1. The average molecular weight is 466 g/mol. The van der Waals surface area contributed by atoms with Crippen molar-refractivity contribution in [2.75, 3.05) is 32.7 Å². The van der Waals surface area contributed by atoms with Crippen LogP contribution in [0.2, 0.25) is 0 Å². The molecule has 0 aromatic heterocycles. The van der Waals surface area contributed by atoms with E-state index in [1.54, 1.807) is 6.92 Å². The highest BCUT2D eigenvalue weighted by atomic mass is 16.3. The van der Waals surface area contributed by atoms with Crippen LogP contribution in [0, 0.1) is 0 Å². The number of nitrogens with zero attached hydrogens (tertiary/aromatic N) is 1. The summed E-state index contributed by atoms with van der Waals surface area (Å²) in [5.41, 5.74) is 0. The summed E-state index contributed by atoms with van der Waals surface area (Å²) in [6, 6.07) is 0. The highest BCUT2D eigenvalue weighted by Gasteiger charge is 2.09. The van der Waals surface area contributed by atoms with E-state index in [-0.39, 0.29) is 11.8 Å². The lowest BCUT2D eigenvalue weighted by Gasteiger charge is -2.23. The molecule has 3 N–H and O–H groups in total. The third kappa shape index (κ3) is 23.3. The number of allylic oxidation sites excluding steroid dienone is 4. The molecule has 0 aromatic rings. The molecule has 0 bridgehead atoms. The summed E-state index contributed by atoms with van der Waals surface area (Å²) < 4.78 is 0. The van der Waals surface area contributed by atoms with Crippen molar-refractivity contribution >= 4 is 11.8 Å². The van der Waals surface area contributed by atoms with Crippen LogP contribution in [0.1, 0.15) is 97.8 Å². The van der Waals surface area contributed by atoms with Crippen molar-refractivity contribution in [2.24, 2.45) is 0 Å². The van der Waals surface area contributed by atoms with Crippen LogP contribution >= 0.6 is 0 Å². The molecule has 33 heavy (non-hydrogen) atoms. The van der Waals surface area contributed by atoms with Crippen LogP contribution in [0.5, 0.6) is 0 Å². The first kappa shape index (κ1) is 31.3. The molecule has 0 rings (SSSR count). The number of rotatable bonds is 22. The van der Waals surface area contributed by atoms with Gasteiger partial charge in [-0.3, -0.25) is 9.59 Å². The van der Waals surface area contributed by atoms with E-state index in [4.69, 9.17) is 0 Å². The number of carbonyl (C=O) groups excluding carboxylic acids is 2. The molecule has 0 aliphatic rings. The molecule has 0 spiro atoms. The Kier molecular flexibility index (Phi) is 22.3. The van der Waals surface area contributed by atoms with Gasteiger partial charge < -0.3 is 20.6 Å². The summed E-state index contributed by atoms with van der Waals surface area (Å²) in [5, 5.41) is 15.8. The Bertz CT molecular complexity index is 491. The standard InChI is InChI=1S/C27H51N3O3/c1-4-6-8-10-12-14-18-26(32)28-20-16-22-30(24-25(3)31)23-17-21-29-27(33)19-15-13-11-9-7-5-2/h6-9,25,31H,4-5,10-24H2,1-3H3,(H,28,32)(H,29,33)/b8-6+,9-7+. The quantitative estimate of drug-likeness (QED) is 0.159. The summed E-state index contributed by atoms with van der Waals surface area (Å²) in [7, 11) is 0. The Balaban J connectivity index is 3.87. The number of hydrogen-bond acceptors (Lipinski definition) is 4. The van der Waals surface area contributed by atoms with Crippen LogP contribution in [0.15, 0.2) is 24.3 Å². The van der Waals surface area contributed by atoms with Crippen LogP contribution in [0.4, 0.5) is 0 Å². The van der Waals surface area contributed by atoms with E-state index in [2.05, 4.69) is 53.7 Å². The van der Waals surface area contributed by atoms with E-state index in [9.17, 15) is 14.7 Å². The first-order valence-electron chi connectivity index (χ1n) is 13.2. The number of nitrogens with one attached hydrogen (secondary N) is 2. The van der Waals surface area contributed by atoms with Gasteiger partial charge in [-0.05, 0) is 84.2 Å². The van der Waals surface area contributed by atoms with Gasteiger partial charge in [-0.2, -0.15) is 0 Å². The van der Waals surface area contributed by atoms with E-state index in [0.717, 1.165) is 77.3 Å². The maximum atomic E-state index is 11.9. The van der Waals surface area contributed by atoms with Crippen molar-refractivity contribution in [3.63, 3.8) is 0 Å². The van der Waals surface area contributed by atoms with Crippen molar-refractivity contribution in [3.8, 4) is 0 Å². The number of hydrogen-bond donors (Lipinski definition) is 3. The van der Waals surface area contributed by atoms with Crippen LogP contribution in [-0.4, -0.2) is 60.6 Å². The van der Waals surface area contributed by atoms with E-state index in [1.807, 2.05) is 0 Å². The number of carbonyl (C=O) groups is 2. The average Bonchev–Trinajstić information content (AvgIpc) is 2.78. The van der Waals surface area contributed by atoms with Crippen molar-refractivity contribution in [1.29, 1.82) is 0 Å². The highest BCUT2D eigenvalue weighted by Crippen LogP contribution is 2.03. The van der Waals surface area contributed by atoms with Crippen molar-refractivity contribution < 1.29 is 14.7 Å².